The van der Waals surface area contributed by atoms with E-state index in [-0.39, 0.29) is 17.9 Å². The first-order valence-corrected chi connectivity index (χ1v) is 7.53. The number of hydrogen-bond acceptors (Lipinski definition) is 3. The van der Waals surface area contributed by atoms with Crippen LogP contribution in [-0.2, 0) is 4.79 Å². The second kappa shape index (κ2) is 6.83. The summed E-state index contributed by atoms with van der Waals surface area (Å²) in [6.45, 7) is 3.69. The summed E-state index contributed by atoms with van der Waals surface area (Å²) >= 11 is 3.38. The molecule has 1 aromatic carbocycles. The number of aryl methyl sites for hydroxylation is 1. The number of hydrogen-bond donors (Lipinski definition) is 2. The van der Waals surface area contributed by atoms with Gasteiger partial charge < -0.3 is 11.1 Å². The molecule has 0 bridgehead atoms. The van der Waals surface area contributed by atoms with Gasteiger partial charge in [0.2, 0.25) is 5.91 Å². The van der Waals surface area contributed by atoms with Crippen LogP contribution in [0.4, 0.5) is 5.82 Å². The van der Waals surface area contributed by atoms with Crippen molar-refractivity contribution in [2.75, 3.05) is 5.32 Å². The van der Waals surface area contributed by atoms with Crippen LogP contribution < -0.4 is 11.1 Å². The van der Waals surface area contributed by atoms with Crippen LogP contribution in [0.1, 0.15) is 24.2 Å². The topological polar surface area (TPSA) is 68.0 Å². The summed E-state index contributed by atoms with van der Waals surface area (Å²) in [5, 5.41) is 2.81. The van der Waals surface area contributed by atoms with Crippen molar-refractivity contribution in [3.8, 4) is 0 Å². The van der Waals surface area contributed by atoms with Crippen molar-refractivity contribution < 1.29 is 4.79 Å². The molecule has 3 N–H and O–H groups in total. The van der Waals surface area contributed by atoms with E-state index in [1.165, 1.54) is 0 Å². The molecule has 0 aliphatic carbocycles. The fraction of sp³-hybridized carbons (Fsp3) is 0.250. The summed E-state index contributed by atoms with van der Waals surface area (Å²) in [4.78, 5) is 16.6. The lowest BCUT2D eigenvalue weighted by molar-refractivity contribution is -0.120. The van der Waals surface area contributed by atoms with Crippen molar-refractivity contribution in [3.05, 3.63) is 58.2 Å². The molecule has 0 saturated carbocycles. The lowest BCUT2D eigenvalue weighted by Gasteiger charge is -2.19. The monoisotopic (exact) mass is 347 g/mol. The lowest BCUT2D eigenvalue weighted by Crippen LogP contribution is -2.30. The molecule has 4 nitrogen and oxygen atoms in total. The zero-order chi connectivity index (χ0) is 15.4. The van der Waals surface area contributed by atoms with Gasteiger partial charge in [-0.25, -0.2) is 4.98 Å². The van der Waals surface area contributed by atoms with Gasteiger partial charge >= 0.3 is 0 Å². The van der Waals surface area contributed by atoms with Gasteiger partial charge in [-0.1, -0.05) is 37.3 Å². The molecule has 0 aliphatic rings. The van der Waals surface area contributed by atoms with E-state index in [0.29, 0.717) is 5.82 Å². The number of aromatic nitrogens is 1. The Morgan fingerprint density at radius 2 is 1.90 bits per heavy atom. The highest BCUT2D eigenvalue weighted by Crippen LogP contribution is 2.21. The Morgan fingerprint density at radius 3 is 2.52 bits per heavy atom. The van der Waals surface area contributed by atoms with E-state index in [1.807, 2.05) is 50.2 Å². The van der Waals surface area contributed by atoms with Crippen molar-refractivity contribution in [1.29, 1.82) is 0 Å². The number of benzene rings is 1. The highest BCUT2D eigenvalue weighted by atomic mass is 79.9. The van der Waals surface area contributed by atoms with E-state index < -0.39 is 0 Å². The Balaban J connectivity index is 2.07. The standard InChI is InChI=1S/C16H18BrN3O/c1-10(15(18)12-6-4-3-5-7-12)16(21)20-14-9-8-13(17)11(2)19-14/h3-10,15H,18H2,1-2H3,(H,19,20,21). The number of pyridine rings is 1. The molecule has 0 aliphatic heterocycles. The molecule has 0 saturated heterocycles. The molecule has 0 spiro atoms. The highest BCUT2D eigenvalue weighted by molar-refractivity contribution is 9.10. The van der Waals surface area contributed by atoms with Crippen molar-refractivity contribution >= 4 is 27.7 Å². The summed E-state index contributed by atoms with van der Waals surface area (Å²) < 4.78 is 0.912. The van der Waals surface area contributed by atoms with Crippen LogP contribution in [0.5, 0.6) is 0 Å². The van der Waals surface area contributed by atoms with Crippen molar-refractivity contribution in [2.24, 2.45) is 11.7 Å². The lowest BCUT2D eigenvalue weighted by atomic mass is 9.95. The van der Waals surface area contributed by atoms with Gasteiger partial charge in [0, 0.05) is 10.5 Å². The molecule has 110 valence electrons. The second-order valence-corrected chi connectivity index (χ2v) is 5.83. The highest BCUT2D eigenvalue weighted by Gasteiger charge is 2.22. The zero-order valence-electron chi connectivity index (χ0n) is 12.0. The van der Waals surface area contributed by atoms with Crippen LogP contribution in [0.2, 0.25) is 0 Å². The van der Waals surface area contributed by atoms with E-state index >= 15 is 0 Å². The minimum atomic E-state index is -0.349. The van der Waals surface area contributed by atoms with E-state index in [2.05, 4.69) is 26.2 Å². The third kappa shape index (κ3) is 3.89. The Hall–Kier alpha value is -1.72. The summed E-state index contributed by atoms with van der Waals surface area (Å²) in [6.07, 6.45) is 0. The molecule has 2 atom stereocenters. The smallest absolute Gasteiger partial charge is 0.230 e. The summed E-state index contributed by atoms with van der Waals surface area (Å²) in [6, 6.07) is 12.9. The predicted octanol–water partition coefficient (Wildman–Crippen LogP) is 3.43. The average Bonchev–Trinajstić information content (AvgIpc) is 2.50. The Bertz CT molecular complexity index is 631. The molecule has 21 heavy (non-hydrogen) atoms. The maximum atomic E-state index is 12.3. The van der Waals surface area contributed by atoms with Gasteiger partial charge in [0.25, 0.3) is 0 Å². The number of nitrogens with two attached hydrogens (primary N) is 1. The van der Waals surface area contributed by atoms with Crippen LogP contribution in [0.25, 0.3) is 0 Å². The van der Waals surface area contributed by atoms with Crippen molar-refractivity contribution in [3.63, 3.8) is 0 Å². The van der Waals surface area contributed by atoms with E-state index in [9.17, 15) is 4.79 Å². The average molecular weight is 348 g/mol. The molecule has 1 heterocycles. The van der Waals surface area contributed by atoms with Gasteiger partial charge in [-0.05, 0) is 40.5 Å². The number of amides is 1. The first kappa shape index (κ1) is 15.7. The number of nitrogens with one attached hydrogen (secondary N) is 1. The van der Waals surface area contributed by atoms with E-state index in [1.54, 1.807) is 6.07 Å². The van der Waals surface area contributed by atoms with Gasteiger partial charge in [0.05, 0.1) is 11.6 Å². The van der Waals surface area contributed by atoms with Crippen LogP contribution in [0.15, 0.2) is 46.9 Å². The summed E-state index contributed by atoms with van der Waals surface area (Å²) in [5.74, 6) is 0.0477. The SMILES string of the molecule is Cc1nc(NC(=O)C(C)C(N)c2ccccc2)ccc1Br. The number of halogens is 1. The fourth-order valence-electron chi connectivity index (χ4n) is 1.98. The predicted molar refractivity (Wildman–Crippen MR) is 87.8 cm³/mol. The molecule has 1 amide bonds. The third-order valence-corrected chi connectivity index (χ3v) is 4.25. The normalized spacial score (nSPS) is 13.5. The van der Waals surface area contributed by atoms with Crippen LogP contribution >= 0.6 is 15.9 Å². The zero-order valence-corrected chi connectivity index (χ0v) is 13.6. The van der Waals surface area contributed by atoms with Gasteiger partial charge in [-0.3, -0.25) is 4.79 Å². The van der Waals surface area contributed by atoms with Crippen LogP contribution in [-0.4, -0.2) is 10.9 Å². The summed E-state index contributed by atoms with van der Waals surface area (Å²) in [5.41, 5.74) is 7.93. The Kier molecular flexibility index (Phi) is 5.09. The fourth-order valence-corrected chi connectivity index (χ4v) is 2.20. The van der Waals surface area contributed by atoms with Gasteiger partial charge in [0.15, 0.2) is 0 Å². The minimum absolute atomic E-state index is 0.138. The van der Waals surface area contributed by atoms with E-state index in [0.717, 1.165) is 15.7 Å². The first-order valence-electron chi connectivity index (χ1n) is 6.73. The van der Waals surface area contributed by atoms with Crippen molar-refractivity contribution in [2.45, 2.75) is 19.9 Å². The largest absolute Gasteiger partial charge is 0.323 e. The van der Waals surface area contributed by atoms with Gasteiger partial charge in [0.1, 0.15) is 5.82 Å². The minimum Gasteiger partial charge on any atom is -0.323 e. The van der Waals surface area contributed by atoms with E-state index in [4.69, 9.17) is 5.73 Å². The van der Waals surface area contributed by atoms with Crippen LogP contribution in [0.3, 0.4) is 0 Å². The number of anilines is 1. The summed E-state index contributed by atoms with van der Waals surface area (Å²) in [7, 11) is 0. The molecular weight excluding hydrogens is 330 g/mol. The van der Waals surface area contributed by atoms with Crippen LogP contribution in [0, 0.1) is 12.8 Å². The molecule has 0 fully saturated rings. The first-order chi connectivity index (χ1) is 9.99. The Morgan fingerprint density at radius 1 is 1.24 bits per heavy atom. The quantitative estimate of drug-likeness (QED) is 0.890. The van der Waals surface area contributed by atoms with Crippen molar-refractivity contribution in [1.82, 2.24) is 4.98 Å². The molecule has 0 radical (unpaired) electrons. The third-order valence-electron chi connectivity index (χ3n) is 3.41. The molecule has 2 rings (SSSR count). The molecule has 2 aromatic rings. The maximum Gasteiger partial charge on any atom is 0.230 e. The van der Waals surface area contributed by atoms with Gasteiger partial charge in [-0.2, -0.15) is 0 Å². The number of carbonyl (C=O) groups is 1. The second-order valence-electron chi connectivity index (χ2n) is 4.98. The number of carbonyl (C=O) groups excluding carboxylic acids is 1. The number of rotatable bonds is 4. The maximum absolute atomic E-state index is 12.3. The Labute approximate surface area is 132 Å². The molecule has 1 aromatic heterocycles. The number of nitrogens with zero attached hydrogens (tertiary/aromatic N) is 1. The molecular formula is C16H18BrN3O. The molecule has 5 heteroatoms. The van der Waals surface area contributed by atoms with Gasteiger partial charge in [-0.15, -0.1) is 0 Å². The molecule has 2 unspecified atom stereocenters.